The van der Waals surface area contributed by atoms with Crippen molar-refractivity contribution in [1.82, 2.24) is 15.0 Å². The third-order valence-electron chi connectivity index (χ3n) is 4.71. The number of benzene rings is 1. The lowest BCUT2D eigenvalue weighted by atomic mass is 10.0. The number of thiophene rings is 1. The number of ether oxygens (including phenoxy) is 2. The van der Waals surface area contributed by atoms with Crippen LogP contribution < -0.4 is 9.47 Å². The molecule has 0 saturated carbocycles. The average molecular weight is 371 g/mol. The maximum atomic E-state index is 5.58. The molecule has 0 aliphatic carbocycles. The maximum Gasteiger partial charge on any atom is 0.241 e. The van der Waals surface area contributed by atoms with Crippen molar-refractivity contribution in [3.8, 4) is 22.2 Å². The summed E-state index contributed by atoms with van der Waals surface area (Å²) in [5, 5.41) is 6.12. The van der Waals surface area contributed by atoms with Gasteiger partial charge in [0.15, 0.2) is 0 Å². The van der Waals surface area contributed by atoms with Crippen LogP contribution in [-0.2, 0) is 6.54 Å². The molecule has 1 fully saturated rings. The van der Waals surface area contributed by atoms with Gasteiger partial charge in [-0.2, -0.15) is 4.98 Å². The molecule has 4 rings (SSSR count). The highest BCUT2D eigenvalue weighted by Crippen LogP contribution is 2.39. The first-order chi connectivity index (χ1) is 12.8. The summed E-state index contributed by atoms with van der Waals surface area (Å²) in [6.07, 6.45) is 2.19. The Balaban J connectivity index is 1.56. The highest BCUT2D eigenvalue weighted by molar-refractivity contribution is 7.13. The van der Waals surface area contributed by atoms with Gasteiger partial charge < -0.3 is 14.0 Å². The Bertz CT molecular complexity index is 863. The lowest BCUT2D eigenvalue weighted by molar-refractivity contribution is 0.209. The van der Waals surface area contributed by atoms with Crippen LogP contribution in [0.5, 0.6) is 11.5 Å². The molecule has 0 amide bonds. The van der Waals surface area contributed by atoms with Gasteiger partial charge in [0.1, 0.15) is 11.5 Å². The van der Waals surface area contributed by atoms with Crippen molar-refractivity contribution in [3.63, 3.8) is 0 Å². The Kier molecular flexibility index (Phi) is 4.90. The molecule has 1 aliphatic heterocycles. The van der Waals surface area contributed by atoms with Crippen molar-refractivity contribution in [2.75, 3.05) is 20.8 Å². The summed E-state index contributed by atoms with van der Waals surface area (Å²) in [6.45, 7) is 1.62. The Hall–Kier alpha value is -2.38. The largest absolute Gasteiger partial charge is 0.497 e. The van der Waals surface area contributed by atoms with Crippen molar-refractivity contribution in [2.45, 2.75) is 25.4 Å². The molecule has 0 spiro atoms. The van der Waals surface area contributed by atoms with E-state index in [9.17, 15) is 0 Å². The predicted octanol–water partition coefficient (Wildman–Crippen LogP) is 4.15. The molecule has 7 heteroatoms. The monoisotopic (exact) mass is 371 g/mol. The molecule has 0 unspecified atom stereocenters. The molecule has 1 aliphatic rings. The van der Waals surface area contributed by atoms with E-state index < -0.39 is 0 Å². The van der Waals surface area contributed by atoms with Gasteiger partial charge in [0, 0.05) is 11.6 Å². The van der Waals surface area contributed by atoms with E-state index in [1.807, 2.05) is 29.6 Å². The molecule has 0 radical (unpaired) electrons. The fourth-order valence-corrected chi connectivity index (χ4v) is 4.12. The second-order valence-electron chi connectivity index (χ2n) is 6.23. The summed E-state index contributed by atoms with van der Waals surface area (Å²) < 4.78 is 16.5. The number of nitrogens with zero attached hydrogens (tertiary/aromatic N) is 3. The van der Waals surface area contributed by atoms with Gasteiger partial charge >= 0.3 is 0 Å². The molecule has 2 aromatic heterocycles. The highest BCUT2D eigenvalue weighted by atomic mass is 32.1. The summed E-state index contributed by atoms with van der Waals surface area (Å²) in [6, 6.07) is 10.2. The number of hydrogen-bond acceptors (Lipinski definition) is 7. The quantitative estimate of drug-likeness (QED) is 0.649. The summed E-state index contributed by atoms with van der Waals surface area (Å²) in [5.41, 5.74) is 1.14. The van der Waals surface area contributed by atoms with Crippen molar-refractivity contribution in [1.29, 1.82) is 0 Å². The van der Waals surface area contributed by atoms with Crippen LogP contribution >= 0.6 is 11.3 Å². The van der Waals surface area contributed by atoms with Gasteiger partial charge in [-0.3, -0.25) is 4.90 Å². The molecule has 26 heavy (non-hydrogen) atoms. The van der Waals surface area contributed by atoms with Crippen molar-refractivity contribution >= 4 is 11.3 Å². The summed E-state index contributed by atoms with van der Waals surface area (Å²) in [5.74, 6) is 3.02. The van der Waals surface area contributed by atoms with Gasteiger partial charge in [0.25, 0.3) is 0 Å². The topological polar surface area (TPSA) is 60.6 Å². The van der Waals surface area contributed by atoms with E-state index in [0.29, 0.717) is 18.3 Å². The second-order valence-corrected chi connectivity index (χ2v) is 7.17. The molecule has 0 bridgehead atoms. The zero-order valence-corrected chi connectivity index (χ0v) is 15.7. The van der Waals surface area contributed by atoms with Gasteiger partial charge in [-0.25, -0.2) is 0 Å². The average Bonchev–Trinajstić information content (AvgIpc) is 3.42. The third-order valence-corrected chi connectivity index (χ3v) is 5.57. The fraction of sp³-hybridized carbons (Fsp3) is 0.368. The SMILES string of the molecule is COc1ccc(OC)c([C@H]2CCCN2Cc2nc(-c3cccs3)no2)c1. The zero-order valence-electron chi connectivity index (χ0n) is 14.8. The number of methoxy groups -OCH3 is 2. The molecule has 3 heterocycles. The molecule has 1 aromatic carbocycles. The van der Waals surface area contributed by atoms with Crippen LogP contribution in [0.25, 0.3) is 10.7 Å². The van der Waals surface area contributed by atoms with Crippen LogP contribution in [-0.4, -0.2) is 35.8 Å². The first-order valence-corrected chi connectivity index (χ1v) is 9.49. The minimum absolute atomic E-state index is 0.247. The Morgan fingerprint density at radius 1 is 1.27 bits per heavy atom. The van der Waals surface area contributed by atoms with Crippen molar-refractivity contribution < 1.29 is 14.0 Å². The zero-order chi connectivity index (χ0) is 17.9. The predicted molar refractivity (Wildman–Crippen MR) is 99.5 cm³/mol. The highest BCUT2D eigenvalue weighted by Gasteiger charge is 2.30. The Morgan fingerprint density at radius 3 is 2.96 bits per heavy atom. The van der Waals surface area contributed by atoms with Gasteiger partial charge in [-0.15, -0.1) is 11.3 Å². The first-order valence-electron chi connectivity index (χ1n) is 8.61. The van der Waals surface area contributed by atoms with Crippen LogP contribution in [0, 0.1) is 0 Å². The van der Waals surface area contributed by atoms with Crippen LogP contribution in [0.4, 0.5) is 0 Å². The van der Waals surface area contributed by atoms with E-state index in [1.165, 1.54) is 0 Å². The first kappa shape index (κ1) is 17.1. The molecule has 1 saturated heterocycles. The number of rotatable bonds is 6. The van der Waals surface area contributed by atoms with E-state index in [2.05, 4.69) is 21.1 Å². The Labute approximate surface area is 156 Å². The van der Waals surface area contributed by atoms with E-state index in [-0.39, 0.29) is 6.04 Å². The third kappa shape index (κ3) is 3.32. The number of hydrogen-bond donors (Lipinski definition) is 0. The molecule has 6 nitrogen and oxygen atoms in total. The summed E-state index contributed by atoms with van der Waals surface area (Å²) in [7, 11) is 3.39. The van der Waals surface area contributed by atoms with Crippen LogP contribution in [0.15, 0.2) is 40.2 Å². The molecule has 136 valence electrons. The molecule has 3 aromatic rings. The minimum Gasteiger partial charge on any atom is -0.497 e. The molecular formula is C19H21N3O3S. The van der Waals surface area contributed by atoms with Gasteiger partial charge in [-0.1, -0.05) is 11.2 Å². The smallest absolute Gasteiger partial charge is 0.241 e. The van der Waals surface area contributed by atoms with E-state index in [0.717, 1.165) is 41.3 Å². The molecule has 0 N–H and O–H groups in total. The minimum atomic E-state index is 0.247. The summed E-state index contributed by atoms with van der Waals surface area (Å²) in [4.78, 5) is 7.94. The van der Waals surface area contributed by atoms with Crippen LogP contribution in [0.1, 0.15) is 30.3 Å². The fourth-order valence-electron chi connectivity index (χ4n) is 3.47. The van der Waals surface area contributed by atoms with Crippen molar-refractivity contribution in [3.05, 3.63) is 47.2 Å². The summed E-state index contributed by atoms with van der Waals surface area (Å²) >= 11 is 1.61. The van der Waals surface area contributed by atoms with Crippen molar-refractivity contribution in [2.24, 2.45) is 0 Å². The second kappa shape index (κ2) is 7.47. The normalized spacial score (nSPS) is 17.5. The Morgan fingerprint density at radius 2 is 2.19 bits per heavy atom. The lowest BCUT2D eigenvalue weighted by Crippen LogP contribution is -2.23. The van der Waals surface area contributed by atoms with Gasteiger partial charge in [0.05, 0.1) is 25.6 Å². The van der Waals surface area contributed by atoms with Crippen LogP contribution in [0.2, 0.25) is 0 Å². The van der Waals surface area contributed by atoms with Gasteiger partial charge in [-0.05, 0) is 49.0 Å². The van der Waals surface area contributed by atoms with Crippen LogP contribution in [0.3, 0.4) is 0 Å². The van der Waals surface area contributed by atoms with Gasteiger partial charge in [0.2, 0.25) is 11.7 Å². The molecular weight excluding hydrogens is 350 g/mol. The standard InChI is InChI=1S/C19H21N3O3S/c1-23-13-7-8-16(24-2)14(11-13)15-5-3-9-22(15)12-18-20-19(21-25-18)17-6-4-10-26-17/h4,6-8,10-11,15H,3,5,9,12H2,1-2H3/t15-/m1/s1. The van der Waals surface area contributed by atoms with E-state index in [1.54, 1.807) is 25.6 Å². The van der Waals surface area contributed by atoms with E-state index >= 15 is 0 Å². The lowest BCUT2D eigenvalue weighted by Gasteiger charge is -2.25. The molecule has 1 atom stereocenters. The number of likely N-dealkylation sites (tertiary alicyclic amines) is 1. The maximum absolute atomic E-state index is 5.58. The number of aromatic nitrogens is 2. The van der Waals surface area contributed by atoms with E-state index in [4.69, 9.17) is 14.0 Å².